The summed E-state index contributed by atoms with van der Waals surface area (Å²) in [6, 6.07) is 14.5. The Balaban J connectivity index is 2.01. The maximum Gasteiger partial charge on any atom is 0.123 e. The molecule has 0 aliphatic carbocycles. The summed E-state index contributed by atoms with van der Waals surface area (Å²) < 4.78 is 20.1. The summed E-state index contributed by atoms with van der Waals surface area (Å²) in [7, 11) is 0. The summed E-state index contributed by atoms with van der Waals surface area (Å²) in [5.74, 6) is -0.240. The fraction of sp³-hybridized carbons (Fsp3) is 0.200. The van der Waals surface area contributed by atoms with E-state index in [4.69, 9.17) is 4.74 Å². The molecule has 19 heavy (non-hydrogen) atoms. The molecule has 0 bridgehead atoms. The van der Waals surface area contributed by atoms with E-state index in [-0.39, 0.29) is 11.9 Å². The van der Waals surface area contributed by atoms with E-state index in [1.165, 1.54) is 12.1 Å². The molecule has 0 N–H and O–H groups in total. The molecule has 2 rings (SSSR count). The molecule has 1 atom stereocenters. The molecule has 100 valence electrons. The van der Waals surface area contributed by atoms with E-state index in [2.05, 4.69) is 31.9 Å². The van der Waals surface area contributed by atoms with Crippen LogP contribution in [0.25, 0.3) is 0 Å². The molecule has 2 aromatic rings. The minimum atomic E-state index is -0.240. The van der Waals surface area contributed by atoms with Crippen LogP contribution in [0, 0.1) is 5.82 Å². The van der Waals surface area contributed by atoms with Crippen molar-refractivity contribution in [2.45, 2.75) is 12.7 Å². The molecule has 2 aromatic carbocycles. The first-order valence-electron chi connectivity index (χ1n) is 5.86. The number of hydrogen-bond donors (Lipinski definition) is 0. The van der Waals surface area contributed by atoms with Crippen LogP contribution in [-0.4, -0.2) is 5.33 Å². The minimum absolute atomic E-state index is 0.153. The molecule has 0 fully saturated rings. The second-order valence-electron chi connectivity index (χ2n) is 4.14. The maximum absolute atomic E-state index is 13.2. The Morgan fingerprint density at radius 3 is 2.47 bits per heavy atom. The Hall–Kier alpha value is -0.710. The number of ether oxygens (including phenoxy) is 1. The van der Waals surface area contributed by atoms with E-state index in [0.29, 0.717) is 11.9 Å². The van der Waals surface area contributed by atoms with Gasteiger partial charge in [-0.25, -0.2) is 4.39 Å². The fourth-order valence-electron chi connectivity index (χ4n) is 1.71. The van der Waals surface area contributed by atoms with Gasteiger partial charge < -0.3 is 4.74 Å². The predicted molar refractivity (Wildman–Crippen MR) is 81.9 cm³/mol. The van der Waals surface area contributed by atoms with E-state index >= 15 is 0 Å². The smallest absolute Gasteiger partial charge is 0.123 e. The van der Waals surface area contributed by atoms with Gasteiger partial charge in [0, 0.05) is 9.80 Å². The summed E-state index contributed by atoms with van der Waals surface area (Å²) in [5, 5.41) is 0.632. The van der Waals surface area contributed by atoms with E-state index in [1.807, 2.05) is 30.3 Å². The van der Waals surface area contributed by atoms with E-state index in [0.717, 1.165) is 15.6 Å². The van der Waals surface area contributed by atoms with Crippen molar-refractivity contribution in [1.29, 1.82) is 0 Å². The number of hydrogen-bond acceptors (Lipinski definition) is 1. The SMILES string of the molecule is Fc1cccc(C(CBr)OCc2ccc(Br)cc2)c1. The number of rotatable bonds is 5. The Morgan fingerprint density at radius 2 is 1.84 bits per heavy atom. The van der Waals surface area contributed by atoms with Crippen LogP contribution in [0.2, 0.25) is 0 Å². The number of benzene rings is 2. The van der Waals surface area contributed by atoms with Crippen LogP contribution in [0.15, 0.2) is 53.0 Å². The zero-order valence-corrected chi connectivity index (χ0v) is 13.3. The molecule has 0 heterocycles. The van der Waals surface area contributed by atoms with Gasteiger partial charge >= 0.3 is 0 Å². The van der Waals surface area contributed by atoms with Crippen molar-refractivity contribution in [3.05, 3.63) is 69.9 Å². The van der Waals surface area contributed by atoms with Gasteiger partial charge in [-0.15, -0.1) is 0 Å². The first kappa shape index (κ1) is 14.7. The van der Waals surface area contributed by atoms with Gasteiger partial charge in [-0.2, -0.15) is 0 Å². The highest BCUT2D eigenvalue weighted by Gasteiger charge is 2.11. The van der Waals surface area contributed by atoms with Gasteiger partial charge in [0.15, 0.2) is 0 Å². The van der Waals surface area contributed by atoms with Crippen molar-refractivity contribution in [2.75, 3.05) is 5.33 Å². The minimum Gasteiger partial charge on any atom is -0.368 e. The highest BCUT2D eigenvalue weighted by molar-refractivity contribution is 9.10. The van der Waals surface area contributed by atoms with Gasteiger partial charge in [-0.3, -0.25) is 0 Å². The molecule has 0 aromatic heterocycles. The lowest BCUT2D eigenvalue weighted by Gasteiger charge is -2.16. The van der Waals surface area contributed by atoms with Crippen molar-refractivity contribution >= 4 is 31.9 Å². The predicted octanol–water partition coefficient (Wildman–Crippen LogP) is 5.24. The van der Waals surface area contributed by atoms with Crippen LogP contribution in [0.3, 0.4) is 0 Å². The number of alkyl halides is 1. The lowest BCUT2D eigenvalue weighted by atomic mass is 10.1. The second-order valence-corrected chi connectivity index (χ2v) is 5.70. The Bertz CT molecular complexity index is 528. The zero-order valence-electron chi connectivity index (χ0n) is 10.2. The number of halogens is 3. The summed E-state index contributed by atoms with van der Waals surface area (Å²) >= 11 is 6.80. The molecule has 1 unspecified atom stereocenters. The van der Waals surface area contributed by atoms with E-state index in [1.54, 1.807) is 6.07 Å². The van der Waals surface area contributed by atoms with Crippen molar-refractivity contribution < 1.29 is 9.13 Å². The van der Waals surface area contributed by atoms with Crippen molar-refractivity contribution in [1.82, 2.24) is 0 Å². The lowest BCUT2D eigenvalue weighted by Crippen LogP contribution is -2.06. The quantitative estimate of drug-likeness (QED) is 0.637. The summed E-state index contributed by atoms with van der Waals surface area (Å²) in [4.78, 5) is 0. The Labute approximate surface area is 129 Å². The van der Waals surface area contributed by atoms with Crippen LogP contribution in [0.5, 0.6) is 0 Å². The van der Waals surface area contributed by atoms with Crippen molar-refractivity contribution in [2.24, 2.45) is 0 Å². The summed E-state index contributed by atoms with van der Waals surface area (Å²) in [6.07, 6.45) is -0.153. The Kier molecular flexibility index (Phi) is 5.55. The standard InChI is InChI=1S/C15H13Br2FO/c16-9-15(12-2-1-3-14(18)8-12)19-10-11-4-6-13(17)7-5-11/h1-8,15H,9-10H2. The molecular weight excluding hydrogens is 375 g/mol. The van der Waals surface area contributed by atoms with Gasteiger partial charge in [0.1, 0.15) is 5.82 Å². The highest BCUT2D eigenvalue weighted by Crippen LogP contribution is 2.22. The molecule has 0 radical (unpaired) electrons. The molecule has 1 nitrogen and oxygen atoms in total. The van der Waals surface area contributed by atoms with Gasteiger partial charge in [0.05, 0.1) is 12.7 Å². The highest BCUT2D eigenvalue weighted by atomic mass is 79.9. The van der Waals surface area contributed by atoms with Gasteiger partial charge in [-0.1, -0.05) is 56.1 Å². The third-order valence-electron chi connectivity index (χ3n) is 2.73. The lowest BCUT2D eigenvalue weighted by molar-refractivity contribution is 0.0564. The molecule has 0 saturated heterocycles. The normalized spacial score (nSPS) is 12.4. The third-order valence-corrected chi connectivity index (χ3v) is 3.84. The van der Waals surface area contributed by atoms with Crippen LogP contribution in [0.4, 0.5) is 4.39 Å². The van der Waals surface area contributed by atoms with Crippen LogP contribution in [-0.2, 0) is 11.3 Å². The van der Waals surface area contributed by atoms with E-state index < -0.39 is 0 Å². The molecular formula is C15H13Br2FO. The summed E-state index contributed by atoms with van der Waals surface area (Å²) in [6.45, 7) is 0.500. The molecule has 0 spiro atoms. The second kappa shape index (κ2) is 7.17. The Morgan fingerprint density at radius 1 is 1.11 bits per heavy atom. The van der Waals surface area contributed by atoms with Gasteiger partial charge in [0.25, 0.3) is 0 Å². The molecule has 0 amide bonds. The average molecular weight is 388 g/mol. The van der Waals surface area contributed by atoms with Gasteiger partial charge in [0.2, 0.25) is 0 Å². The van der Waals surface area contributed by atoms with Crippen LogP contribution < -0.4 is 0 Å². The molecule has 0 aliphatic heterocycles. The summed E-state index contributed by atoms with van der Waals surface area (Å²) in [5.41, 5.74) is 1.93. The average Bonchev–Trinajstić information content (AvgIpc) is 2.42. The topological polar surface area (TPSA) is 9.23 Å². The largest absolute Gasteiger partial charge is 0.368 e. The van der Waals surface area contributed by atoms with Crippen molar-refractivity contribution in [3.8, 4) is 0 Å². The maximum atomic E-state index is 13.2. The fourth-order valence-corrected chi connectivity index (χ4v) is 2.54. The monoisotopic (exact) mass is 386 g/mol. The van der Waals surface area contributed by atoms with Crippen molar-refractivity contribution in [3.63, 3.8) is 0 Å². The van der Waals surface area contributed by atoms with Crippen LogP contribution in [0.1, 0.15) is 17.2 Å². The van der Waals surface area contributed by atoms with Gasteiger partial charge in [-0.05, 0) is 35.4 Å². The first-order chi connectivity index (χ1) is 9.19. The molecule has 0 aliphatic rings. The first-order valence-corrected chi connectivity index (χ1v) is 7.78. The third kappa shape index (κ3) is 4.41. The molecule has 4 heteroatoms. The zero-order chi connectivity index (χ0) is 13.7. The van der Waals surface area contributed by atoms with E-state index in [9.17, 15) is 4.39 Å². The van der Waals surface area contributed by atoms with Crippen LogP contribution >= 0.6 is 31.9 Å². The molecule has 0 saturated carbocycles.